The summed E-state index contributed by atoms with van der Waals surface area (Å²) in [6.45, 7) is 0. The molecule has 0 saturated heterocycles. The summed E-state index contributed by atoms with van der Waals surface area (Å²) >= 11 is 12.8. The molecule has 0 N–H and O–H groups in total. The molecule has 1 atom stereocenters. The largest absolute Gasteiger partial charge is 0.290 e. The number of ketones is 1. The van der Waals surface area contributed by atoms with Crippen LogP contribution in [0.2, 0.25) is 5.02 Å². The summed E-state index contributed by atoms with van der Waals surface area (Å²) in [5, 5.41) is 0.463. The maximum absolute atomic E-state index is 11.9. The van der Waals surface area contributed by atoms with Gasteiger partial charge >= 0.3 is 0 Å². The van der Waals surface area contributed by atoms with Crippen molar-refractivity contribution in [2.24, 2.45) is 0 Å². The minimum absolute atomic E-state index is 0.208. The normalized spacial score (nSPS) is 15.5. The molecule has 16 heavy (non-hydrogen) atoms. The molecule has 0 aliphatic heterocycles. The molecule has 0 amide bonds. The van der Waals surface area contributed by atoms with Crippen LogP contribution in [0.5, 0.6) is 0 Å². The van der Waals surface area contributed by atoms with Crippen molar-refractivity contribution in [3.8, 4) is 0 Å². The average Bonchev–Trinajstić information content (AvgIpc) is 2.16. The second kappa shape index (κ2) is 4.80. The summed E-state index contributed by atoms with van der Waals surface area (Å²) < 4.78 is 20.7. The van der Waals surface area contributed by atoms with Crippen molar-refractivity contribution >= 4 is 61.4 Å². The summed E-state index contributed by atoms with van der Waals surface area (Å²) in [5.74, 6) is -0.672. The molecule has 88 valence electrons. The van der Waals surface area contributed by atoms with Crippen LogP contribution in [0.15, 0.2) is 24.3 Å². The number of rotatable bonds is 3. The van der Waals surface area contributed by atoms with Crippen LogP contribution in [0.1, 0.15) is 10.4 Å². The summed E-state index contributed by atoms with van der Waals surface area (Å²) in [6, 6.07) is 5.87. The molecule has 0 unspecified atom stereocenters. The van der Waals surface area contributed by atoms with E-state index in [0.717, 1.165) is 6.26 Å². The van der Waals surface area contributed by atoms with Crippen molar-refractivity contribution in [1.29, 1.82) is 0 Å². The first-order valence-corrected chi connectivity index (χ1v) is 7.76. The fourth-order valence-electron chi connectivity index (χ4n) is 0.938. The Bertz CT molecular complexity index is 508. The third kappa shape index (κ3) is 2.88. The van der Waals surface area contributed by atoms with Crippen LogP contribution in [0, 0.1) is 0 Å². The van der Waals surface area contributed by atoms with Gasteiger partial charge in [0.1, 0.15) is 0 Å². The quantitative estimate of drug-likeness (QED) is 0.451. The molecule has 1 aromatic rings. The first-order chi connectivity index (χ1) is 7.16. The van der Waals surface area contributed by atoms with E-state index in [2.05, 4.69) is 0 Å². The van der Waals surface area contributed by atoms with Gasteiger partial charge in [-0.05, 0) is 46.9 Å². The van der Waals surface area contributed by atoms with Gasteiger partial charge in [0.25, 0.3) is 2.21 Å². The highest BCUT2D eigenvalue weighted by Gasteiger charge is 2.44. The zero-order valence-corrected chi connectivity index (χ0v) is 12.6. The fourth-order valence-corrected chi connectivity index (χ4v) is 1.94. The lowest BCUT2D eigenvalue weighted by molar-refractivity contribution is 0.100. The van der Waals surface area contributed by atoms with Gasteiger partial charge in [-0.25, -0.2) is 8.42 Å². The van der Waals surface area contributed by atoms with Crippen molar-refractivity contribution < 1.29 is 13.2 Å². The van der Waals surface area contributed by atoms with Crippen LogP contribution in [0.3, 0.4) is 0 Å². The van der Waals surface area contributed by atoms with Crippen molar-refractivity contribution in [2.75, 3.05) is 6.26 Å². The van der Waals surface area contributed by atoms with E-state index in [4.69, 9.17) is 23.2 Å². The molecule has 0 radical (unpaired) electrons. The van der Waals surface area contributed by atoms with E-state index >= 15 is 0 Å². The van der Waals surface area contributed by atoms with Gasteiger partial charge in [0.2, 0.25) is 5.78 Å². The van der Waals surface area contributed by atoms with Gasteiger partial charge in [0, 0.05) is 16.8 Å². The topological polar surface area (TPSA) is 51.2 Å². The molecule has 0 aromatic heterocycles. The summed E-state index contributed by atoms with van der Waals surface area (Å²) in [6.07, 6.45) is 0.917. The van der Waals surface area contributed by atoms with E-state index in [-0.39, 0.29) is 5.56 Å². The van der Waals surface area contributed by atoms with Gasteiger partial charge < -0.3 is 0 Å². The first-order valence-electron chi connectivity index (χ1n) is 4.04. The predicted octanol–water partition coefficient (Wildman–Crippen LogP) is 2.89. The maximum atomic E-state index is 11.9. The number of alkyl halides is 2. The third-order valence-electron chi connectivity index (χ3n) is 1.84. The Kier molecular flexibility index (Phi) is 4.26. The molecule has 3 nitrogen and oxygen atoms in total. The monoisotopic (exact) mass is 392 g/mol. The maximum Gasteiger partial charge on any atom is 0.257 e. The molecule has 0 spiro atoms. The van der Waals surface area contributed by atoms with Gasteiger partial charge in [0.15, 0.2) is 9.84 Å². The molecular weight excluding hydrogens is 386 g/mol. The van der Waals surface area contributed by atoms with Gasteiger partial charge in [-0.2, -0.15) is 0 Å². The Morgan fingerprint density at radius 1 is 1.31 bits per heavy atom. The summed E-state index contributed by atoms with van der Waals surface area (Å²) in [5.41, 5.74) is 0.208. The molecular formula is C9H7Cl2IO3S. The predicted molar refractivity (Wildman–Crippen MR) is 73.2 cm³/mol. The Hall–Kier alpha value is 0.150. The Balaban J connectivity index is 3.18. The number of halogens is 3. The highest BCUT2D eigenvalue weighted by atomic mass is 127. The van der Waals surface area contributed by atoms with Crippen molar-refractivity contribution in [1.82, 2.24) is 0 Å². The molecule has 0 saturated carbocycles. The molecule has 0 heterocycles. The van der Waals surface area contributed by atoms with Gasteiger partial charge in [0.05, 0.1) is 0 Å². The van der Waals surface area contributed by atoms with Gasteiger partial charge in [-0.3, -0.25) is 4.79 Å². The first kappa shape index (κ1) is 14.2. The lowest BCUT2D eigenvalue weighted by Gasteiger charge is -2.16. The van der Waals surface area contributed by atoms with Crippen molar-refractivity contribution in [3.63, 3.8) is 0 Å². The van der Waals surface area contributed by atoms with Crippen LogP contribution < -0.4 is 0 Å². The average molecular weight is 393 g/mol. The number of carbonyl (C=O) groups is 1. The van der Waals surface area contributed by atoms with Crippen molar-refractivity contribution in [3.05, 3.63) is 34.9 Å². The van der Waals surface area contributed by atoms with Crippen LogP contribution >= 0.6 is 45.8 Å². The van der Waals surface area contributed by atoms with E-state index in [9.17, 15) is 13.2 Å². The van der Waals surface area contributed by atoms with Crippen LogP contribution in [-0.4, -0.2) is 22.7 Å². The van der Waals surface area contributed by atoms with Crippen LogP contribution in [0.4, 0.5) is 0 Å². The Morgan fingerprint density at radius 2 is 1.75 bits per heavy atom. The molecule has 1 rings (SSSR count). The second-order valence-electron chi connectivity index (χ2n) is 3.12. The van der Waals surface area contributed by atoms with E-state index < -0.39 is 17.8 Å². The van der Waals surface area contributed by atoms with E-state index in [1.54, 1.807) is 0 Å². The van der Waals surface area contributed by atoms with Crippen LogP contribution in [-0.2, 0) is 9.84 Å². The lowest BCUT2D eigenvalue weighted by Crippen LogP contribution is -2.34. The minimum atomic E-state index is -3.69. The number of sulfone groups is 1. The zero-order chi connectivity index (χ0) is 12.6. The zero-order valence-electron chi connectivity index (χ0n) is 8.08. The van der Waals surface area contributed by atoms with Gasteiger partial charge in [-0.15, -0.1) is 0 Å². The number of Topliss-reactive ketones (excluding diaryl/α,β-unsaturated/α-hetero) is 1. The number of carbonyl (C=O) groups excluding carboxylic acids is 1. The molecule has 7 heteroatoms. The fraction of sp³-hybridized carbons (Fsp3) is 0.222. The van der Waals surface area contributed by atoms with Crippen molar-refractivity contribution in [2.45, 2.75) is 2.21 Å². The molecule has 0 fully saturated rings. The number of hydrogen-bond acceptors (Lipinski definition) is 3. The SMILES string of the molecule is CS(=O)(=O)[C@](Cl)(I)C(=O)c1ccc(Cl)cc1. The van der Waals surface area contributed by atoms with E-state index in [0.29, 0.717) is 5.02 Å². The lowest BCUT2D eigenvalue weighted by atomic mass is 10.1. The number of hydrogen-bond donors (Lipinski definition) is 0. The molecule has 1 aromatic carbocycles. The molecule has 0 aliphatic rings. The summed E-state index contributed by atoms with van der Waals surface area (Å²) in [7, 11) is -3.69. The second-order valence-corrected chi connectivity index (χ2v) is 9.50. The highest BCUT2D eigenvalue weighted by molar-refractivity contribution is 14.1. The Labute approximate surface area is 117 Å². The van der Waals surface area contributed by atoms with Gasteiger partial charge in [-0.1, -0.05) is 23.2 Å². The minimum Gasteiger partial charge on any atom is -0.290 e. The third-order valence-corrected chi connectivity index (χ3v) is 7.11. The van der Waals surface area contributed by atoms with E-state index in [1.165, 1.54) is 46.9 Å². The Morgan fingerprint density at radius 3 is 2.12 bits per heavy atom. The summed E-state index contributed by atoms with van der Waals surface area (Å²) in [4.78, 5) is 11.9. The van der Waals surface area contributed by atoms with Crippen LogP contribution in [0.25, 0.3) is 0 Å². The molecule has 0 aliphatic carbocycles. The van der Waals surface area contributed by atoms with E-state index in [1.807, 2.05) is 0 Å². The molecule has 0 bridgehead atoms. The highest BCUT2D eigenvalue weighted by Crippen LogP contribution is 2.34. The standard InChI is InChI=1S/C9H7Cl2IO3S/c1-16(14,15)9(11,12)8(13)6-2-4-7(10)5-3-6/h2-5H,1H3/t9-/m1/s1. The number of benzene rings is 1. The smallest absolute Gasteiger partial charge is 0.257 e.